The molecule has 0 fully saturated rings. The molecule has 1 amide bonds. The molecule has 0 saturated heterocycles. The molecule has 5 heteroatoms. The van der Waals surface area contributed by atoms with Crippen LogP contribution in [-0.2, 0) is 11.2 Å². The Morgan fingerprint density at radius 3 is 2.46 bits per heavy atom. The van der Waals surface area contributed by atoms with Gasteiger partial charge in [0.25, 0.3) is 0 Å². The number of carbonyl (C=O) groups excluding carboxylic acids is 1. The van der Waals surface area contributed by atoms with E-state index in [9.17, 15) is 4.79 Å². The molecule has 0 aromatic heterocycles. The van der Waals surface area contributed by atoms with Crippen molar-refractivity contribution in [2.24, 2.45) is 11.5 Å². The van der Waals surface area contributed by atoms with Gasteiger partial charge in [-0.25, -0.2) is 0 Å². The van der Waals surface area contributed by atoms with E-state index in [1.807, 2.05) is 50.2 Å². The lowest BCUT2D eigenvalue weighted by molar-refractivity contribution is -0.119. The molecule has 1 aromatic carbocycles. The molecule has 0 saturated carbocycles. The molecule has 1 rings (SSSR count). The molecule has 0 aliphatic rings. The first-order chi connectivity index (χ1) is 11.6. The summed E-state index contributed by atoms with van der Waals surface area (Å²) >= 11 is 0. The maximum absolute atomic E-state index is 11.8. The van der Waals surface area contributed by atoms with Gasteiger partial charge in [-0.05, 0) is 23.6 Å². The summed E-state index contributed by atoms with van der Waals surface area (Å²) in [5.41, 5.74) is 12.6. The fourth-order valence-electron chi connectivity index (χ4n) is 1.53. The van der Waals surface area contributed by atoms with Crippen LogP contribution in [0.5, 0.6) is 0 Å². The minimum absolute atomic E-state index is 0.197. The van der Waals surface area contributed by atoms with Crippen molar-refractivity contribution in [3.63, 3.8) is 0 Å². The lowest BCUT2D eigenvalue weighted by atomic mass is 10.1. The van der Waals surface area contributed by atoms with Crippen molar-refractivity contribution in [2.75, 3.05) is 0 Å². The van der Waals surface area contributed by atoms with Crippen molar-refractivity contribution in [1.82, 2.24) is 5.32 Å². The van der Waals surface area contributed by atoms with E-state index in [-0.39, 0.29) is 18.1 Å². The molecule has 0 aliphatic carbocycles. The number of nitrogens with two attached hydrogens (primary N) is 2. The quantitative estimate of drug-likeness (QED) is 0.439. The molecule has 5 N–H and O–H groups in total. The third-order valence-corrected chi connectivity index (χ3v) is 2.53. The van der Waals surface area contributed by atoms with Crippen LogP contribution in [0.3, 0.4) is 0 Å². The standard InChI is InChI=1S/C17H18N4O.C2H6/c18-12-6-2-5-9-15(19)10-11-16(20)21-17(22)13-14-7-3-1-4-8-14;1-2/h1,3-4,7-8,10-11H,2,6,13,19-20H2,(H,21,22);1-2H3/b15-10-,16-11+;. The maximum atomic E-state index is 11.8. The Morgan fingerprint density at radius 1 is 1.17 bits per heavy atom. The van der Waals surface area contributed by atoms with E-state index in [4.69, 9.17) is 16.7 Å². The van der Waals surface area contributed by atoms with Gasteiger partial charge in [0.05, 0.1) is 18.2 Å². The van der Waals surface area contributed by atoms with Crippen molar-refractivity contribution >= 4 is 5.91 Å². The van der Waals surface area contributed by atoms with Crippen molar-refractivity contribution in [1.29, 1.82) is 5.26 Å². The Bertz CT molecular complexity index is 658. The van der Waals surface area contributed by atoms with Gasteiger partial charge >= 0.3 is 0 Å². The van der Waals surface area contributed by atoms with E-state index in [0.29, 0.717) is 18.5 Å². The number of nitrogens with one attached hydrogen (secondary N) is 1. The van der Waals surface area contributed by atoms with Gasteiger partial charge in [-0.1, -0.05) is 50.1 Å². The topological polar surface area (TPSA) is 105 Å². The zero-order chi connectivity index (χ0) is 18.2. The van der Waals surface area contributed by atoms with E-state index in [1.54, 1.807) is 0 Å². The first-order valence-corrected chi connectivity index (χ1v) is 7.74. The molecule has 0 spiro atoms. The highest BCUT2D eigenvalue weighted by Gasteiger charge is 2.02. The van der Waals surface area contributed by atoms with E-state index in [0.717, 1.165) is 5.56 Å². The lowest BCUT2D eigenvalue weighted by Crippen LogP contribution is -2.28. The van der Waals surface area contributed by atoms with E-state index in [2.05, 4.69) is 17.2 Å². The van der Waals surface area contributed by atoms with Crippen LogP contribution in [0.15, 0.2) is 54.0 Å². The highest BCUT2D eigenvalue weighted by Crippen LogP contribution is 1.99. The van der Waals surface area contributed by atoms with Crippen molar-refractivity contribution in [3.05, 3.63) is 59.6 Å². The predicted molar refractivity (Wildman–Crippen MR) is 96.8 cm³/mol. The summed E-state index contributed by atoms with van der Waals surface area (Å²) < 4.78 is 0. The smallest absolute Gasteiger partial charge is 0.229 e. The van der Waals surface area contributed by atoms with Crippen molar-refractivity contribution < 1.29 is 4.79 Å². The van der Waals surface area contributed by atoms with Gasteiger partial charge in [0.2, 0.25) is 5.91 Å². The molecule has 1 aromatic rings. The predicted octanol–water partition coefficient (Wildman–Crippen LogP) is 2.32. The van der Waals surface area contributed by atoms with Crippen LogP contribution in [0.2, 0.25) is 0 Å². The highest BCUT2D eigenvalue weighted by atomic mass is 16.1. The van der Waals surface area contributed by atoms with Crippen LogP contribution >= 0.6 is 0 Å². The summed E-state index contributed by atoms with van der Waals surface area (Å²) in [7, 11) is 0. The number of nitriles is 1. The largest absolute Gasteiger partial charge is 0.392 e. The molecule has 0 unspecified atom stereocenters. The number of nitrogens with zero attached hydrogens (tertiary/aromatic N) is 1. The van der Waals surface area contributed by atoms with Gasteiger partial charge < -0.3 is 16.8 Å². The molecule has 0 atom stereocenters. The van der Waals surface area contributed by atoms with Gasteiger partial charge in [0.15, 0.2) is 0 Å². The van der Waals surface area contributed by atoms with Gasteiger partial charge in [-0.3, -0.25) is 4.79 Å². The minimum atomic E-state index is -0.202. The Morgan fingerprint density at radius 2 is 1.83 bits per heavy atom. The minimum Gasteiger partial charge on any atom is -0.392 e. The number of benzene rings is 1. The SMILES string of the molecule is CC.N#CCCC#C/C(N)=C/C=C(\N)NC(=O)Cc1ccccc1. The van der Waals surface area contributed by atoms with Gasteiger partial charge in [-0.15, -0.1) is 0 Å². The second-order valence-corrected chi connectivity index (χ2v) is 4.41. The molecule has 0 bridgehead atoms. The fourth-order valence-corrected chi connectivity index (χ4v) is 1.53. The Kier molecular flexibility index (Phi) is 11.7. The third kappa shape index (κ3) is 10.5. The fraction of sp³-hybridized carbons (Fsp3) is 0.263. The average Bonchev–Trinajstić information content (AvgIpc) is 2.59. The van der Waals surface area contributed by atoms with Crippen molar-refractivity contribution in [3.8, 4) is 17.9 Å². The molecule has 0 radical (unpaired) electrons. The number of carbonyl (C=O) groups is 1. The summed E-state index contributed by atoms with van der Waals surface area (Å²) in [4.78, 5) is 11.8. The molecule has 0 aliphatic heterocycles. The number of amides is 1. The summed E-state index contributed by atoms with van der Waals surface area (Å²) in [6.07, 6.45) is 4.09. The Labute approximate surface area is 144 Å². The van der Waals surface area contributed by atoms with Crippen molar-refractivity contribution in [2.45, 2.75) is 33.1 Å². The Balaban J connectivity index is 0.00000254. The van der Waals surface area contributed by atoms with Crippen LogP contribution in [0.4, 0.5) is 0 Å². The van der Waals surface area contributed by atoms with Crippen LogP contribution < -0.4 is 16.8 Å². The zero-order valence-corrected chi connectivity index (χ0v) is 14.2. The normalized spacial score (nSPS) is 10.4. The number of unbranched alkanes of at least 4 members (excludes halogenated alkanes) is 1. The second-order valence-electron chi connectivity index (χ2n) is 4.41. The Hall–Kier alpha value is -3.18. The molecular formula is C19H24N4O. The van der Waals surface area contributed by atoms with Gasteiger partial charge in [-0.2, -0.15) is 5.26 Å². The van der Waals surface area contributed by atoms with Crippen LogP contribution in [0.1, 0.15) is 32.3 Å². The monoisotopic (exact) mass is 324 g/mol. The maximum Gasteiger partial charge on any atom is 0.229 e. The molecule has 0 heterocycles. The second kappa shape index (κ2) is 13.5. The zero-order valence-electron chi connectivity index (χ0n) is 14.2. The average molecular weight is 324 g/mol. The lowest BCUT2D eigenvalue weighted by Gasteiger charge is -2.04. The molecule has 126 valence electrons. The number of allylic oxidation sites excluding steroid dienone is 3. The van der Waals surface area contributed by atoms with Crippen LogP contribution in [0, 0.1) is 23.2 Å². The van der Waals surface area contributed by atoms with E-state index in [1.165, 1.54) is 12.2 Å². The third-order valence-electron chi connectivity index (χ3n) is 2.53. The summed E-state index contributed by atoms with van der Waals surface area (Å²) in [5.74, 6) is 5.45. The summed E-state index contributed by atoms with van der Waals surface area (Å²) in [5, 5.41) is 10.9. The molecular weight excluding hydrogens is 300 g/mol. The molecule has 5 nitrogen and oxygen atoms in total. The first kappa shape index (κ1) is 20.8. The van der Waals surface area contributed by atoms with Gasteiger partial charge in [0, 0.05) is 12.8 Å². The highest BCUT2D eigenvalue weighted by molar-refractivity contribution is 5.80. The summed E-state index contributed by atoms with van der Waals surface area (Å²) in [6, 6.07) is 11.4. The van der Waals surface area contributed by atoms with Gasteiger partial charge in [0.1, 0.15) is 5.82 Å². The number of rotatable bonds is 5. The van der Waals surface area contributed by atoms with Crippen LogP contribution in [-0.4, -0.2) is 5.91 Å². The summed E-state index contributed by atoms with van der Waals surface area (Å²) in [6.45, 7) is 4.00. The van der Waals surface area contributed by atoms with Crippen LogP contribution in [0.25, 0.3) is 0 Å². The first-order valence-electron chi connectivity index (χ1n) is 7.74. The van der Waals surface area contributed by atoms with E-state index < -0.39 is 0 Å². The number of hydrogen-bond acceptors (Lipinski definition) is 4. The van der Waals surface area contributed by atoms with E-state index >= 15 is 0 Å². The molecule has 24 heavy (non-hydrogen) atoms. The number of hydrogen-bond donors (Lipinski definition) is 3.